The zero-order valence-electron chi connectivity index (χ0n) is 5.33. The molecule has 0 atom stereocenters. The van der Waals surface area contributed by atoms with Gasteiger partial charge in [0, 0.05) is 13.6 Å². The van der Waals surface area contributed by atoms with Crippen molar-refractivity contribution in [3.05, 3.63) is 0 Å². The van der Waals surface area contributed by atoms with Crippen LogP contribution in [0.2, 0.25) is 0 Å². The molecule has 6 heteroatoms. The highest BCUT2D eigenvalue weighted by atomic mass is 32.2. The molecule has 0 heterocycles. The van der Waals surface area contributed by atoms with Crippen molar-refractivity contribution in [3.8, 4) is 0 Å². The topological polar surface area (TPSA) is 69.6 Å². The Balaban J connectivity index is 4.05. The second-order valence-corrected chi connectivity index (χ2v) is 3.20. The Morgan fingerprint density at radius 3 is 2.22 bits per heavy atom. The second kappa shape index (κ2) is 3.11. The van der Waals surface area contributed by atoms with Gasteiger partial charge in [-0.05, 0) is 0 Å². The average Bonchev–Trinajstić information content (AvgIpc) is 1.65. The van der Waals surface area contributed by atoms with Crippen molar-refractivity contribution in [2.75, 3.05) is 13.6 Å². The molecular weight excluding hydrogens is 144 g/mol. The van der Waals surface area contributed by atoms with Crippen LogP contribution in [0.3, 0.4) is 0 Å². The SMILES string of the molecule is CCNS(=O)(=O)N(C)O. The third-order valence-corrected chi connectivity index (χ3v) is 2.02. The largest absolute Gasteiger partial charge is 0.301 e. The Bertz CT molecular complexity index is 162. The van der Waals surface area contributed by atoms with E-state index in [-0.39, 0.29) is 11.0 Å². The van der Waals surface area contributed by atoms with Crippen molar-refractivity contribution >= 4 is 10.2 Å². The van der Waals surface area contributed by atoms with Crippen LogP contribution in [0.1, 0.15) is 6.92 Å². The summed E-state index contributed by atoms with van der Waals surface area (Å²) in [4.78, 5) is 0. The third-order valence-electron chi connectivity index (χ3n) is 0.675. The first kappa shape index (κ1) is 8.83. The maximum Gasteiger partial charge on any atom is 0.301 e. The molecule has 0 aliphatic carbocycles. The molecule has 0 fully saturated rings. The molecule has 0 rings (SSSR count). The van der Waals surface area contributed by atoms with Crippen molar-refractivity contribution in [3.63, 3.8) is 0 Å². The first-order chi connectivity index (χ1) is 4.00. The summed E-state index contributed by atoms with van der Waals surface area (Å²) in [6, 6.07) is 0. The van der Waals surface area contributed by atoms with Crippen LogP contribution in [0.4, 0.5) is 0 Å². The van der Waals surface area contributed by atoms with Gasteiger partial charge >= 0.3 is 10.2 Å². The number of nitrogens with one attached hydrogen (secondary N) is 1. The van der Waals surface area contributed by atoms with Crippen molar-refractivity contribution < 1.29 is 13.6 Å². The molecule has 0 spiro atoms. The Hall–Kier alpha value is -0.170. The lowest BCUT2D eigenvalue weighted by Crippen LogP contribution is -2.35. The van der Waals surface area contributed by atoms with Gasteiger partial charge in [0.2, 0.25) is 0 Å². The Labute approximate surface area is 54.4 Å². The smallest absolute Gasteiger partial charge is 0.299 e. The van der Waals surface area contributed by atoms with Crippen molar-refractivity contribution in [1.29, 1.82) is 0 Å². The fraction of sp³-hybridized carbons (Fsp3) is 1.00. The molecule has 56 valence electrons. The fourth-order valence-corrected chi connectivity index (χ4v) is 0.827. The van der Waals surface area contributed by atoms with E-state index in [1.807, 2.05) is 0 Å². The normalized spacial score (nSPS) is 12.4. The Kier molecular flexibility index (Phi) is 3.06. The minimum absolute atomic E-state index is 0.135. The first-order valence-electron chi connectivity index (χ1n) is 2.43. The summed E-state index contributed by atoms with van der Waals surface area (Å²) in [7, 11) is -2.57. The Morgan fingerprint density at radius 1 is 1.67 bits per heavy atom. The number of hydroxylamine groups is 1. The van der Waals surface area contributed by atoms with Crippen LogP contribution in [-0.4, -0.2) is 31.7 Å². The van der Waals surface area contributed by atoms with Gasteiger partial charge < -0.3 is 0 Å². The van der Waals surface area contributed by atoms with Crippen LogP contribution in [0.25, 0.3) is 0 Å². The monoisotopic (exact) mass is 154 g/mol. The minimum Gasteiger partial charge on any atom is -0.299 e. The van der Waals surface area contributed by atoms with E-state index in [1.165, 1.54) is 0 Å². The Morgan fingerprint density at radius 2 is 2.11 bits per heavy atom. The molecule has 0 aromatic rings. The lowest BCUT2D eigenvalue weighted by Gasteiger charge is -2.07. The predicted octanol–water partition coefficient (Wildman–Crippen LogP) is -0.838. The van der Waals surface area contributed by atoms with E-state index in [0.29, 0.717) is 0 Å². The summed E-state index contributed by atoms with van der Waals surface area (Å²) in [6.45, 7) is 1.90. The van der Waals surface area contributed by atoms with Gasteiger partial charge in [-0.3, -0.25) is 5.21 Å². The molecule has 0 saturated carbocycles. The van der Waals surface area contributed by atoms with Crippen LogP contribution in [0.5, 0.6) is 0 Å². The highest BCUT2D eigenvalue weighted by molar-refractivity contribution is 7.86. The number of rotatable bonds is 3. The molecule has 0 radical (unpaired) electrons. The fourth-order valence-electron chi connectivity index (χ4n) is 0.276. The first-order valence-corrected chi connectivity index (χ1v) is 3.87. The molecule has 0 unspecified atom stereocenters. The molecule has 0 saturated heterocycles. The second-order valence-electron chi connectivity index (χ2n) is 1.44. The van der Waals surface area contributed by atoms with Gasteiger partial charge in [0.15, 0.2) is 0 Å². The lowest BCUT2D eigenvalue weighted by atomic mass is 10.8. The summed E-state index contributed by atoms with van der Waals surface area (Å²) in [5.41, 5.74) is 0. The number of nitrogens with zero attached hydrogens (tertiary/aromatic N) is 1. The van der Waals surface area contributed by atoms with E-state index in [2.05, 4.69) is 4.72 Å². The van der Waals surface area contributed by atoms with Crippen LogP contribution in [0, 0.1) is 0 Å². The zero-order valence-corrected chi connectivity index (χ0v) is 6.14. The van der Waals surface area contributed by atoms with E-state index < -0.39 is 10.2 Å². The standard InChI is InChI=1S/C3H10N2O3S/c1-3-4-9(7,8)5(2)6/h4,6H,3H2,1-2H3. The van der Waals surface area contributed by atoms with E-state index >= 15 is 0 Å². The van der Waals surface area contributed by atoms with Gasteiger partial charge in [-0.25, -0.2) is 4.72 Å². The number of hydrogen-bond acceptors (Lipinski definition) is 3. The van der Waals surface area contributed by atoms with Gasteiger partial charge in [0.25, 0.3) is 0 Å². The molecular formula is C3H10N2O3S. The molecule has 0 aliphatic rings. The van der Waals surface area contributed by atoms with Crippen molar-refractivity contribution in [2.24, 2.45) is 0 Å². The maximum atomic E-state index is 10.5. The molecule has 9 heavy (non-hydrogen) atoms. The highest BCUT2D eigenvalue weighted by Crippen LogP contribution is 1.84. The minimum atomic E-state index is -3.61. The number of hydrogen-bond donors (Lipinski definition) is 2. The zero-order chi connectivity index (χ0) is 7.49. The van der Waals surface area contributed by atoms with E-state index in [9.17, 15) is 8.42 Å². The predicted molar refractivity (Wildman–Crippen MR) is 32.1 cm³/mol. The summed E-state index contributed by atoms with van der Waals surface area (Å²) >= 11 is 0. The van der Waals surface area contributed by atoms with Crippen molar-refractivity contribution in [1.82, 2.24) is 9.19 Å². The summed E-state index contributed by atoms with van der Waals surface area (Å²) in [6.07, 6.45) is 0. The highest BCUT2D eigenvalue weighted by Gasteiger charge is 2.11. The molecule has 5 nitrogen and oxygen atoms in total. The van der Waals surface area contributed by atoms with Gasteiger partial charge in [0.1, 0.15) is 0 Å². The lowest BCUT2D eigenvalue weighted by molar-refractivity contribution is 0.0294. The van der Waals surface area contributed by atoms with E-state index in [0.717, 1.165) is 7.05 Å². The average molecular weight is 154 g/mol. The quantitative estimate of drug-likeness (QED) is 0.521. The van der Waals surface area contributed by atoms with Gasteiger partial charge in [-0.2, -0.15) is 8.42 Å². The summed E-state index contributed by atoms with van der Waals surface area (Å²) in [5, 5.41) is 8.39. The maximum absolute atomic E-state index is 10.5. The van der Waals surface area contributed by atoms with E-state index in [1.54, 1.807) is 6.92 Å². The van der Waals surface area contributed by atoms with Crippen molar-refractivity contribution in [2.45, 2.75) is 6.92 Å². The summed E-state index contributed by atoms with van der Waals surface area (Å²) in [5.74, 6) is 0. The van der Waals surface area contributed by atoms with Gasteiger partial charge in [0.05, 0.1) is 0 Å². The van der Waals surface area contributed by atoms with Crippen LogP contribution in [0.15, 0.2) is 0 Å². The third kappa shape index (κ3) is 2.75. The molecule has 0 amide bonds. The van der Waals surface area contributed by atoms with Crippen LogP contribution >= 0.6 is 0 Å². The molecule has 0 aromatic carbocycles. The molecule has 0 bridgehead atoms. The van der Waals surface area contributed by atoms with Gasteiger partial charge in [-0.15, -0.1) is 0 Å². The molecule has 0 aromatic heterocycles. The molecule has 2 N–H and O–H groups in total. The summed E-state index contributed by atoms with van der Waals surface area (Å²) < 4.78 is 23.2. The van der Waals surface area contributed by atoms with Crippen LogP contribution in [-0.2, 0) is 10.2 Å². The van der Waals surface area contributed by atoms with E-state index in [4.69, 9.17) is 5.21 Å². The molecule has 0 aliphatic heterocycles. The van der Waals surface area contributed by atoms with Crippen LogP contribution < -0.4 is 4.72 Å². The van der Waals surface area contributed by atoms with Gasteiger partial charge in [-0.1, -0.05) is 11.4 Å².